The maximum Gasteiger partial charge on any atom is 0.233 e. The zero-order valence-electron chi connectivity index (χ0n) is 14.8. The number of hydrogen-bond acceptors (Lipinski definition) is 4. The first-order chi connectivity index (χ1) is 11.4. The molecule has 1 heterocycles. The van der Waals surface area contributed by atoms with Crippen molar-refractivity contribution in [1.82, 2.24) is 20.5 Å². The molecular weight excluding hydrogens is 320 g/mol. The van der Waals surface area contributed by atoms with Crippen molar-refractivity contribution in [3.8, 4) is 0 Å². The van der Waals surface area contributed by atoms with Crippen LogP contribution in [0.2, 0.25) is 0 Å². The van der Waals surface area contributed by atoms with Crippen molar-refractivity contribution in [3.63, 3.8) is 0 Å². The van der Waals surface area contributed by atoms with Crippen LogP contribution in [0.25, 0.3) is 0 Å². The average molecular weight is 349 g/mol. The monoisotopic (exact) mass is 348 g/mol. The first kappa shape index (κ1) is 16.4. The highest BCUT2D eigenvalue weighted by Crippen LogP contribution is 2.55. The number of thioether (sulfide) groups is 1. The van der Waals surface area contributed by atoms with Gasteiger partial charge in [-0.2, -0.15) is 0 Å². The molecule has 4 bridgehead atoms. The van der Waals surface area contributed by atoms with Crippen molar-refractivity contribution < 1.29 is 4.79 Å². The highest BCUT2D eigenvalue weighted by molar-refractivity contribution is 8.00. The van der Waals surface area contributed by atoms with Gasteiger partial charge in [-0.25, -0.2) is 4.98 Å². The Hall–Kier alpha value is -1.04. The van der Waals surface area contributed by atoms with E-state index in [2.05, 4.69) is 34.3 Å². The molecule has 1 aromatic heterocycles. The Morgan fingerprint density at radius 1 is 1.17 bits per heavy atom. The number of hydrogen-bond donors (Lipinski definition) is 2. The molecule has 4 fully saturated rings. The van der Waals surface area contributed by atoms with Crippen LogP contribution < -0.4 is 5.32 Å². The van der Waals surface area contributed by atoms with Crippen molar-refractivity contribution >= 4 is 17.7 Å². The number of carbonyl (C=O) groups excluding carboxylic acids is 1. The summed E-state index contributed by atoms with van der Waals surface area (Å²) in [6.45, 7) is 6.13. The standard InChI is InChI=1S/C18H28N4OS/c1-10(2)15-19-17(22-21-15)24-11(3)16(23)20-18-7-12-4-13(8-18)6-14(5-12)9-18/h10-14H,4-9H2,1-3H3,(H,20,23)(H,19,21,22). The number of amides is 1. The van der Waals surface area contributed by atoms with E-state index in [0.717, 1.165) is 23.6 Å². The highest BCUT2D eigenvalue weighted by atomic mass is 32.2. The van der Waals surface area contributed by atoms with Crippen LogP contribution in [0.5, 0.6) is 0 Å². The SMILES string of the molecule is CC(Sc1n[nH]c(C(C)C)n1)C(=O)NC12CC3CC(CC(C3)C1)C2. The minimum atomic E-state index is -0.159. The van der Waals surface area contributed by atoms with Crippen LogP contribution in [-0.2, 0) is 4.79 Å². The Morgan fingerprint density at radius 2 is 1.75 bits per heavy atom. The summed E-state index contributed by atoms with van der Waals surface area (Å²) in [6, 6.07) is 0. The third kappa shape index (κ3) is 3.09. The normalized spacial score (nSPS) is 35.4. The average Bonchev–Trinajstić information content (AvgIpc) is 2.94. The van der Waals surface area contributed by atoms with E-state index in [1.165, 1.54) is 50.3 Å². The van der Waals surface area contributed by atoms with Gasteiger partial charge in [0, 0.05) is 11.5 Å². The molecule has 0 saturated heterocycles. The molecule has 1 amide bonds. The molecule has 4 saturated carbocycles. The predicted octanol–water partition coefficient (Wildman–Crippen LogP) is 3.49. The van der Waals surface area contributed by atoms with Gasteiger partial charge in [-0.15, -0.1) is 5.10 Å². The van der Waals surface area contributed by atoms with E-state index in [1.807, 2.05) is 6.92 Å². The van der Waals surface area contributed by atoms with Gasteiger partial charge in [0.05, 0.1) is 5.25 Å². The summed E-state index contributed by atoms with van der Waals surface area (Å²) in [6.07, 6.45) is 7.78. The van der Waals surface area contributed by atoms with Crippen molar-refractivity contribution in [2.45, 2.75) is 81.2 Å². The first-order valence-electron chi connectivity index (χ1n) is 9.33. The highest BCUT2D eigenvalue weighted by Gasteiger charge is 2.51. The van der Waals surface area contributed by atoms with Gasteiger partial charge in [-0.05, 0) is 63.2 Å². The Morgan fingerprint density at radius 3 is 2.25 bits per heavy atom. The van der Waals surface area contributed by atoms with Crippen molar-refractivity contribution in [2.24, 2.45) is 17.8 Å². The van der Waals surface area contributed by atoms with E-state index >= 15 is 0 Å². The number of nitrogens with zero attached hydrogens (tertiary/aromatic N) is 2. The molecule has 4 aliphatic rings. The van der Waals surface area contributed by atoms with E-state index in [0.29, 0.717) is 11.1 Å². The Bertz CT molecular complexity index is 591. The topological polar surface area (TPSA) is 70.7 Å². The van der Waals surface area contributed by atoms with Gasteiger partial charge in [0.2, 0.25) is 11.1 Å². The van der Waals surface area contributed by atoms with Crippen LogP contribution in [0.4, 0.5) is 0 Å². The van der Waals surface area contributed by atoms with E-state index in [1.54, 1.807) is 0 Å². The number of H-pyrrole nitrogens is 1. The number of aromatic amines is 1. The molecule has 132 valence electrons. The lowest BCUT2D eigenvalue weighted by Gasteiger charge is -2.57. The maximum absolute atomic E-state index is 12.8. The first-order valence-corrected chi connectivity index (χ1v) is 10.2. The van der Waals surface area contributed by atoms with E-state index in [-0.39, 0.29) is 16.7 Å². The Balaban J connectivity index is 1.38. The summed E-state index contributed by atoms with van der Waals surface area (Å²) in [7, 11) is 0. The largest absolute Gasteiger partial charge is 0.350 e. The number of rotatable bonds is 5. The third-order valence-electron chi connectivity index (χ3n) is 6.11. The number of carbonyl (C=O) groups is 1. The lowest BCUT2D eigenvalue weighted by atomic mass is 9.53. The van der Waals surface area contributed by atoms with Gasteiger partial charge in [-0.3, -0.25) is 9.89 Å². The molecular formula is C18H28N4OS. The number of nitrogens with one attached hydrogen (secondary N) is 2. The molecule has 6 heteroatoms. The van der Waals surface area contributed by atoms with Crippen LogP contribution in [0.1, 0.15) is 71.0 Å². The molecule has 1 aromatic rings. The Labute approximate surface area is 148 Å². The second kappa shape index (κ2) is 6.04. The van der Waals surface area contributed by atoms with Crippen LogP contribution in [0.3, 0.4) is 0 Å². The van der Waals surface area contributed by atoms with Crippen LogP contribution in [-0.4, -0.2) is 31.9 Å². The van der Waals surface area contributed by atoms with Gasteiger partial charge < -0.3 is 5.32 Å². The second-order valence-electron chi connectivity index (χ2n) is 8.61. The molecule has 1 atom stereocenters. The molecule has 2 N–H and O–H groups in total. The molecule has 4 aliphatic carbocycles. The fraction of sp³-hybridized carbons (Fsp3) is 0.833. The molecule has 5 rings (SSSR count). The lowest BCUT2D eigenvalue weighted by Crippen LogP contribution is -2.60. The summed E-state index contributed by atoms with van der Waals surface area (Å²) in [5.41, 5.74) is 0.0861. The smallest absolute Gasteiger partial charge is 0.233 e. The van der Waals surface area contributed by atoms with Crippen molar-refractivity contribution in [3.05, 3.63) is 5.82 Å². The van der Waals surface area contributed by atoms with Crippen LogP contribution >= 0.6 is 11.8 Å². The Kier molecular flexibility index (Phi) is 4.14. The number of aromatic nitrogens is 3. The summed E-state index contributed by atoms with van der Waals surface area (Å²) in [5.74, 6) is 3.90. The minimum absolute atomic E-state index is 0.0861. The van der Waals surface area contributed by atoms with Gasteiger partial charge in [0.25, 0.3) is 0 Å². The van der Waals surface area contributed by atoms with Crippen molar-refractivity contribution in [1.29, 1.82) is 0 Å². The molecule has 24 heavy (non-hydrogen) atoms. The molecule has 0 aliphatic heterocycles. The fourth-order valence-electron chi connectivity index (χ4n) is 5.41. The summed E-state index contributed by atoms with van der Waals surface area (Å²) < 4.78 is 0. The molecule has 0 radical (unpaired) electrons. The van der Waals surface area contributed by atoms with E-state index in [4.69, 9.17) is 0 Å². The van der Waals surface area contributed by atoms with E-state index < -0.39 is 0 Å². The zero-order chi connectivity index (χ0) is 16.9. The molecule has 0 spiro atoms. The fourth-order valence-corrected chi connectivity index (χ4v) is 6.14. The zero-order valence-corrected chi connectivity index (χ0v) is 15.7. The second-order valence-corrected chi connectivity index (χ2v) is 9.91. The lowest BCUT2D eigenvalue weighted by molar-refractivity contribution is -0.126. The summed E-state index contributed by atoms with van der Waals surface area (Å²) >= 11 is 1.45. The molecule has 5 nitrogen and oxygen atoms in total. The quantitative estimate of drug-likeness (QED) is 0.799. The van der Waals surface area contributed by atoms with Crippen LogP contribution in [0, 0.1) is 17.8 Å². The van der Waals surface area contributed by atoms with Gasteiger partial charge >= 0.3 is 0 Å². The van der Waals surface area contributed by atoms with Gasteiger partial charge in [-0.1, -0.05) is 25.6 Å². The predicted molar refractivity (Wildman–Crippen MR) is 94.8 cm³/mol. The van der Waals surface area contributed by atoms with Gasteiger partial charge in [0.15, 0.2) is 0 Å². The van der Waals surface area contributed by atoms with Crippen molar-refractivity contribution in [2.75, 3.05) is 0 Å². The van der Waals surface area contributed by atoms with Crippen LogP contribution in [0.15, 0.2) is 5.16 Å². The van der Waals surface area contributed by atoms with Gasteiger partial charge in [0.1, 0.15) is 5.82 Å². The third-order valence-corrected chi connectivity index (χ3v) is 7.07. The van der Waals surface area contributed by atoms with E-state index in [9.17, 15) is 4.79 Å². The molecule has 0 aromatic carbocycles. The maximum atomic E-state index is 12.8. The molecule has 1 unspecified atom stereocenters. The summed E-state index contributed by atoms with van der Waals surface area (Å²) in [5, 5.41) is 11.2. The summed E-state index contributed by atoms with van der Waals surface area (Å²) in [4.78, 5) is 17.3. The minimum Gasteiger partial charge on any atom is -0.350 e.